The summed E-state index contributed by atoms with van der Waals surface area (Å²) in [5.74, 6) is -0.327. The van der Waals surface area contributed by atoms with Crippen LogP contribution in [0.1, 0.15) is 16.1 Å². The molecule has 0 saturated carbocycles. The van der Waals surface area contributed by atoms with Crippen molar-refractivity contribution in [2.45, 2.75) is 13.0 Å². The molecular formula is C18H15F2N3O3. The summed E-state index contributed by atoms with van der Waals surface area (Å²) in [7, 11) is 0. The molecule has 0 fully saturated rings. The predicted molar refractivity (Wildman–Crippen MR) is 91.5 cm³/mol. The zero-order valence-corrected chi connectivity index (χ0v) is 13.5. The molecule has 3 aromatic rings. The average Bonchev–Trinajstić information content (AvgIpc) is 2.63. The maximum atomic E-state index is 12.3. The van der Waals surface area contributed by atoms with E-state index in [1.165, 1.54) is 12.1 Å². The third kappa shape index (κ3) is 4.02. The highest BCUT2D eigenvalue weighted by Gasteiger charge is 2.13. The fraction of sp³-hybridized carbons (Fsp3) is 0.167. The van der Waals surface area contributed by atoms with Gasteiger partial charge in [0.2, 0.25) is 0 Å². The van der Waals surface area contributed by atoms with Gasteiger partial charge in [0.25, 0.3) is 11.5 Å². The van der Waals surface area contributed by atoms with Gasteiger partial charge in [0.15, 0.2) is 5.69 Å². The quantitative estimate of drug-likeness (QED) is 0.708. The largest absolute Gasteiger partial charge is 0.435 e. The SMILES string of the molecule is O=C(NCCc1ccc(OC(F)F)cc1)c1n[nH]c(=O)c2ccccc12. The fourth-order valence-electron chi connectivity index (χ4n) is 2.53. The monoisotopic (exact) mass is 359 g/mol. The minimum atomic E-state index is -2.86. The number of carbonyl (C=O) groups excluding carboxylic acids is 1. The van der Waals surface area contributed by atoms with Crippen LogP contribution in [0, 0.1) is 0 Å². The van der Waals surface area contributed by atoms with Crippen LogP contribution in [0.5, 0.6) is 5.75 Å². The maximum Gasteiger partial charge on any atom is 0.387 e. The Hall–Kier alpha value is -3.29. The molecule has 2 aromatic carbocycles. The van der Waals surface area contributed by atoms with Crippen molar-refractivity contribution in [1.82, 2.24) is 15.5 Å². The summed E-state index contributed by atoms with van der Waals surface area (Å²) in [5, 5.41) is 9.74. The van der Waals surface area contributed by atoms with Crippen molar-refractivity contribution >= 4 is 16.7 Å². The summed E-state index contributed by atoms with van der Waals surface area (Å²) in [6.07, 6.45) is 0.502. The Kier molecular flexibility index (Phi) is 5.21. The number of halogens is 2. The number of hydrogen-bond acceptors (Lipinski definition) is 4. The van der Waals surface area contributed by atoms with E-state index in [2.05, 4.69) is 20.3 Å². The molecule has 1 aromatic heterocycles. The molecule has 0 aliphatic carbocycles. The van der Waals surface area contributed by atoms with Gasteiger partial charge in [0, 0.05) is 11.9 Å². The van der Waals surface area contributed by atoms with Gasteiger partial charge in [-0.1, -0.05) is 30.3 Å². The lowest BCUT2D eigenvalue weighted by molar-refractivity contribution is -0.0498. The second-order valence-corrected chi connectivity index (χ2v) is 5.48. The molecule has 0 spiro atoms. The number of benzene rings is 2. The first-order valence-electron chi connectivity index (χ1n) is 7.84. The molecule has 6 nitrogen and oxygen atoms in total. The van der Waals surface area contributed by atoms with Gasteiger partial charge in [0.1, 0.15) is 5.75 Å². The Labute approximate surface area is 146 Å². The van der Waals surface area contributed by atoms with E-state index >= 15 is 0 Å². The Morgan fingerprint density at radius 2 is 1.81 bits per heavy atom. The Morgan fingerprint density at radius 3 is 2.50 bits per heavy atom. The molecule has 0 bridgehead atoms. The van der Waals surface area contributed by atoms with Crippen LogP contribution in [-0.2, 0) is 6.42 Å². The standard InChI is InChI=1S/C18H15F2N3O3/c19-18(20)26-12-7-5-11(6-8-12)9-10-21-17(25)15-13-3-1-2-4-14(13)16(24)23-22-15/h1-8,18H,9-10H2,(H,21,25)(H,23,24). The van der Waals surface area contributed by atoms with E-state index in [1.807, 2.05) is 0 Å². The van der Waals surface area contributed by atoms with Gasteiger partial charge >= 0.3 is 6.61 Å². The van der Waals surface area contributed by atoms with Crippen LogP contribution in [0.4, 0.5) is 8.78 Å². The predicted octanol–water partition coefficient (Wildman–Crippen LogP) is 2.50. The van der Waals surface area contributed by atoms with E-state index < -0.39 is 12.5 Å². The van der Waals surface area contributed by atoms with Crippen LogP contribution >= 0.6 is 0 Å². The number of ether oxygens (including phenoxy) is 1. The summed E-state index contributed by atoms with van der Waals surface area (Å²) in [6, 6.07) is 12.9. The second-order valence-electron chi connectivity index (χ2n) is 5.48. The molecule has 8 heteroatoms. The number of amides is 1. The number of alkyl halides is 2. The van der Waals surface area contributed by atoms with Crippen molar-refractivity contribution in [3.63, 3.8) is 0 Å². The van der Waals surface area contributed by atoms with Crippen LogP contribution in [0.15, 0.2) is 53.3 Å². The first-order valence-corrected chi connectivity index (χ1v) is 7.84. The highest BCUT2D eigenvalue weighted by Crippen LogP contribution is 2.15. The number of nitrogens with one attached hydrogen (secondary N) is 2. The normalized spacial score (nSPS) is 10.9. The molecule has 26 heavy (non-hydrogen) atoms. The van der Waals surface area contributed by atoms with E-state index in [0.29, 0.717) is 23.7 Å². The van der Waals surface area contributed by atoms with Crippen molar-refractivity contribution in [1.29, 1.82) is 0 Å². The van der Waals surface area contributed by atoms with Gasteiger partial charge < -0.3 is 10.1 Å². The van der Waals surface area contributed by atoms with Crippen molar-refractivity contribution in [2.75, 3.05) is 6.54 Å². The van der Waals surface area contributed by atoms with Crippen molar-refractivity contribution in [2.24, 2.45) is 0 Å². The number of carbonyl (C=O) groups is 1. The van der Waals surface area contributed by atoms with Gasteiger partial charge in [-0.25, -0.2) is 5.10 Å². The van der Waals surface area contributed by atoms with Gasteiger partial charge in [-0.05, 0) is 30.2 Å². The number of nitrogens with zero attached hydrogens (tertiary/aromatic N) is 1. The van der Waals surface area contributed by atoms with Crippen molar-refractivity contribution in [3.05, 3.63) is 70.1 Å². The van der Waals surface area contributed by atoms with Gasteiger partial charge in [-0.3, -0.25) is 9.59 Å². The van der Waals surface area contributed by atoms with Crippen molar-refractivity contribution < 1.29 is 18.3 Å². The maximum absolute atomic E-state index is 12.3. The smallest absolute Gasteiger partial charge is 0.387 e. The van der Waals surface area contributed by atoms with Crippen LogP contribution < -0.4 is 15.6 Å². The number of rotatable bonds is 6. The molecule has 1 amide bonds. The summed E-state index contributed by atoms with van der Waals surface area (Å²) < 4.78 is 28.5. The highest BCUT2D eigenvalue weighted by atomic mass is 19.3. The molecule has 134 valence electrons. The third-order valence-corrected chi connectivity index (χ3v) is 3.76. The van der Waals surface area contributed by atoms with E-state index in [9.17, 15) is 18.4 Å². The average molecular weight is 359 g/mol. The molecule has 1 heterocycles. The molecule has 0 unspecified atom stereocenters. The Balaban J connectivity index is 1.63. The van der Waals surface area contributed by atoms with E-state index in [-0.39, 0.29) is 17.0 Å². The minimum absolute atomic E-state index is 0.0803. The zero-order chi connectivity index (χ0) is 18.5. The Bertz CT molecular complexity index is 971. The van der Waals surface area contributed by atoms with Crippen LogP contribution in [-0.4, -0.2) is 29.3 Å². The molecule has 2 N–H and O–H groups in total. The summed E-state index contributed by atoms with van der Waals surface area (Å²) in [6.45, 7) is -2.54. The number of hydrogen-bond donors (Lipinski definition) is 2. The molecule has 0 radical (unpaired) electrons. The first-order chi connectivity index (χ1) is 12.5. The zero-order valence-electron chi connectivity index (χ0n) is 13.5. The number of fused-ring (bicyclic) bond motifs is 1. The second kappa shape index (κ2) is 7.73. The summed E-state index contributed by atoms with van der Waals surface area (Å²) in [4.78, 5) is 24.1. The molecule has 0 aliphatic rings. The summed E-state index contributed by atoms with van der Waals surface area (Å²) >= 11 is 0. The molecule has 3 rings (SSSR count). The van der Waals surface area contributed by atoms with E-state index in [1.54, 1.807) is 36.4 Å². The molecular weight excluding hydrogens is 344 g/mol. The van der Waals surface area contributed by atoms with Crippen LogP contribution in [0.25, 0.3) is 10.8 Å². The molecule has 0 saturated heterocycles. The molecule has 0 atom stereocenters. The van der Waals surface area contributed by atoms with Crippen LogP contribution in [0.3, 0.4) is 0 Å². The fourth-order valence-corrected chi connectivity index (χ4v) is 2.53. The lowest BCUT2D eigenvalue weighted by Gasteiger charge is -2.08. The van der Waals surface area contributed by atoms with Gasteiger partial charge in [-0.2, -0.15) is 13.9 Å². The summed E-state index contributed by atoms with van der Waals surface area (Å²) in [5.41, 5.74) is 0.635. The number of H-pyrrole nitrogens is 1. The number of aromatic amines is 1. The topological polar surface area (TPSA) is 84.1 Å². The van der Waals surface area contributed by atoms with Gasteiger partial charge in [0.05, 0.1) is 5.39 Å². The number of aromatic nitrogens is 2. The minimum Gasteiger partial charge on any atom is -0.435 e. The molecule has 0 aliphatic heterocycles. The van der Waals surface area contributed by atoms with E-state index in [0.717, 1.165) is 5.56 Å². The Morgan fingerprint density at radius 1 is 1.12 bits per heavy atom. The highest BCUT2D eigenvalue weighted by molar-refractivity contribution is 6.04. The van der Waals surface area contributed by atoms with Gasteiger partial charge in [-0.15, -0.1) is 0 Å². The lowest BCUT2D eigenvalue weighted by atomic mass is 10.1. The van der Waals surface area contributed by atoms with Crippen LogP contribution in [0.2, 0.25) is 0 Å². The van der Waals surface area contributed by atoms with E-state index in [4.69, 9.17) is 0 Å². The third-order valence-electron chi connectivity index (χ3n) is 3.76. The lowest BCUT2D eigenvalue weighted by Crippen LogP contribution is -2.28. The van der Waals surface area contributed by atoms with Crippen molar-refractivity contribution in [3.8, 4) is 5.75 Å². The first kappa shape index (κ1) is 17.5.